The fourth-order valence-corrected chi connectivity index (χ4v) is 2.04. The predicted octanol–water partition coefficient (Wildman–Crippen LogP) is 3.38. The quantitative estimate of drug-likeness (QED) is 0.687. The molecular weight excluding hydrogens is 184 g/mol. The third-order valence-electron chi connectivity index (χ3n) is 2.92. The number of carbonyl (C=O) groups excluding carboxylic acids is 1. The largest absolute Gasteiger partial charge is 0.303 e. The molecule has 0 saturated carbocycles. The van der Waals surface area contributed by atoms with Crippen molar-refractivity contribution in [2.75, 3.05) is 0 Å². The SMILES string of the molecule is Cc1cc(C)c(CCC(C)C=O)c(C)c1. The van der Waals surface area contributed by atoms with Gasteiger partial charge in [-0.1, -0.05) is 24.6 Å². The molecule has 1 nitrogen and oxygen atoms in total. The summed E-state index contributed by atoms with van der Waals surface area (Å²) in [6.07, 6.45) is 3.00. The van der Waals surface area contributed by atoms with Crippen LogP contribution in [0.15, 0.2) is 12.1 Å². The lowest BCUT2D eigenvalue weighted by Gasteiger charge is -2.12. The van der Waals surface area contributed by atoms with Gasteiger partial charge in [0, 0.05) is 5.92 Å². The third kappa shape index (κ3) is 3.19. The normalized spacial score (nSPS) is 12.5. The van der Waals surface area contributed by atoms with Crippen molar-refractivity contribution in [1.29, 1.82) is 0 Å². The lowest BCUT2D eigenvalue weighted by Crippen LogP contribution is -2.01. The van der Waals surface area contributed by atoms with Crippen molar-refractivity contribution < 1.29 is 4.79 Å². The summed E-state index contributed by atoms with van der Waals surface area (Å²) < 4.78 is 0. The lowest BCUT2D eigenvalue weighted by atomic mass is 9.93. The number of benzene rings is 1. The summed E-state index contributed by atoms with van der Waals surface area (Å²) in [4.78, 5) is 10.6. The highest BCUT2D eigenvalue weighted by Gasteiger charge is 2.06. The summed E-state index contributed by atoms with van der Waals surface area (Å²) in [6.45, 7) is 8.41. The Morgan fingerprint density at radius 1 is 1.20 bits per heavy atom. The molecule has 1 aromatic carbocycles. The van der Waals surface area contributed by atoms with Gasteiger partial charge in [0.25, 0.3) is 0 Å². The Kier molecular flexibility index (Phi) is 4.07. The molecular formula is C14H20O. The van der Waals surface area contributed by atoms with Crippen molar-refractivity contribution in [3.63, 3.8) is 0 Å². The molecule has 0 bridgehead atoms. The summed E-state index contributed by atoms with van der Waals surface area (Å²) >= 11 is 0. The van der Waals surface area contributed by atoms with Crippen LogP contribution in [0.3, 0.4) is 0 Å². The first-order valence-electron chi connectivity index (χ1n) is 5.56. The molecule has 0 aliphatic heterocycles. The van der Waals surface area contributed by atoms with Crippen LogP contribution in [0.5, 0.6) is 0 Å². The van der Waals surface area contributed by atoms with Crippen LogP contribution in [0.2, 0.25) is 0 Å². The van der Waals surface area contributed by atoms with Gasteiger partial charge in [0.15, 0.2) is 0 Å². The van der Waals surface area contributed by atoms with Crippen LogP contribution in [-0.4, -0.2) is 6.29 Å². The van der Waals surface area contributed by atoms with Crippen LogP contribution in [0, 0.1) is 26.7 Å². The molecule has 0 N–H and O–H groups in total. The average Bonchev–Trinajstić information content (AvgIpc) is 2.15. The van der Waals surface area contributed by atoms with Gasteiger partial charge >= 0.3 is 0 Å². The Bertz CT molecular complexity index is 329. The number of aryl methyl sites for hydroxylation is 3. The summed E-state index contributed by atoms with van der Waals surface area (Å²) in [5.41, 5.74) is 5.43. The smallest absolute Gasteiger partial charge is 0.122 e. The first kappa shape index (κ1) is 12.0. The minimum absolute atomic E-state index is 0.171. The molecule has 82 valence electrons. The van der Waals surface area contributed by atoms with Crippen molar-refractivity contribution in [2.45, 2.75) is 40.5 Å². The monoisotopic (exact) mass is 204 g/mol. The highest BCUT2D eigenvalue weighted by Crippen LogP contribution is 2.19. The number of rotatable bonds is 4. The van der Waals surface area contributed by atoms with Gasteiger partial charge in [0.05, 0.1) is 0 Å². The second kappa shape index (κ2) is 5.11. The highest BCUT2D eigenvalue weighted by molar-refractivity contribution is 5.52. The van der Waals surface area contributed by atoms with Crippen molar-refractivity contribution >= 4 is 6.29 Å². The Morgan fingerprint density at radius 2 is 1.73 bits per heavy atom. The Labute approximate surface area is 92.5 Å². The Morgan fingerprint density at radius 3 is 2.20 bits per heavy atom. The molecule has 1 heteroatoms. The molecule has 0 aliphatic rings. The number of hydrogen-bond acceptors (Lipinski definition) is 1. The van der Waals surface area contributed by atoms with Gasteiger partial charge < -0.3 is 4.79 Å². The van der Waals surface area contributed by atoms with E-state index in [4.69, 9.17) is 0 Å². The number of hydrogen-bond donors (Lipinski definition) is 0. The number of carbonyl (C=O) groups is 1. The average molecular weight is 204 g/mol. The second-order valence-corrected chi connectivity index (χ2v) is 4.53. The van der Waals surface area contributed by atoms with Gasteiger partial charge in [-0.2, -0.15) is 0 Å². The van der Waals surface area contributed by atoms with Gasteiger partial charge in [0.2, 0.25) is 0 Å². The molecule has 0 fully saturated rings. The van der Waals surface area contributed by atoms with Crippen LogP contribution in [0.1, 0.15) is 35.6 Å². The van der Waals surface area contributed by atoms with E-state index < -0.39 is 0 Å². The van der Waals surface area contributed by atoms with Gasteiger partial charge in [0.1, 0.15) is 6.29 Å². The maximum Gasteiger partial charge on any atom is 0.122 e. The zero-order chi connectivity index (χ0) is 11.4. The first-order chi connectivity index (χ1) is 7.04. The maximum absolute atomic E-state index is 10.6. The highest BCUT2D eigenvalue weighted by atomic mass is 16.1. The molecule has 0 amide bonds. The molecule has 0 radical (unpaired) electrons. The van der Waals surface area contributed by atoms with Crippen LogP contribution in [0.4, 0.5) is 0 Å². The van der Waals surface area contributed by atoms with E-state index in [-0.39, 0.29) is 5.92 Å². The van der Waals surface area contributed by atoms with E-state index >= 15 is 0 Å². The fourth-order valence-electron chi connectivity index (χ4n) is 2.04. The summed E-state index contributed by atoms with van der Waals surface area (Å²) in [5.74, 6) is 0.171. The van der Waals surface area contributed by atoms with Crippen molar-refractivity contribution in [2.24, 2.45) is 5.92 Å². The Balaban J connectivity index is 2.81. The first-order valence-corrected chi connectivity index (χ1v) is 5.56. The molecule has 1 unspecified atom stereocenters. The molecule has 0 aliphatic carbocycles. The molecule has 15 heavy (non-hydrogen) atoms. The molecule has 1 atom stereocenters. The zero-order valence-electron chi connectivity index (χ0n) is 10.1. The standard InChI is InChI=1S/C14H20O/c1-10(9-15)5-6-14-12(3)7-11(2)8-13(14)4/h7-10H,5-6H2,1-4H3. The summed E-state index contributed by atoms with van der Waals surface area (Å²) in [5, 5.41) is 0. The van der Waals surface area contributed by atoms with Gasteiger partial charge in [-0.3, -0.25) is 0 Å². The number of aldehydes is 1. The van der Waals surface area contributed by atoms with Crippen LogP contribution in [0.25, 0.3) is 0 Å². The van der Waals surface area contributed by atoms with E-state index in [1.54, 1.807) is 0 Å². The Hall–Kier alpha value is -1.11. The zero-order valence-corrected chi connectivity index (χ0v) is 10.1. The molecule has 1 aromatic rings. The van der Waals surface area contributed by atoms with Crippen molar-refractivity contribution in [1.82, 2.24) is 0 Å². The molecule has 0 saturated heterocycles. The van der Waals surface area contributed by atoms with Gasteiger partial charge in [-0.25, -0.2) is 0 Å². The topological polar surface area (TPSA) is 17.1 Å². The van der Waals surface area contributed by atoms with Gasteiger partial charge in [-0.15, -0.1) is 0 Å². The maximum atomic E-state index is 10.6. The fraction of sp³-hybridized carbons (Fsp3) is 0.500. The van der Waals surface area contributed by atoms with Crippen LogP contribution >= 0.6 is 0 Å². The molecule has 0 heterocycles. The van der Waals surface area contributed by atoms with E-state index in [0.29, 0.717) is 0 Å². The van der Waals surface area contributed by atoms with E-state index in [2.05, 4.69) is 32.9 Å². The summed E-state index contributed by atoms with van der Waals surface area (Å²) in [6, 6.07) is 4.43. The third-order valence-corrected chi connectivity index (χ3v) is 2.92. The molecule has 0 aromatic heterocycles. The van der Waals surface area contributed by atoms with Crippen LogP contribution in [-0.2, 0) is 11.2 Å². The van der Waals surface area contributed by atoms with E-state index in [0.717, 1.165) is 19.1 Å². The van der Waals surface area contributed by atoms with E-state index in [9.17, 15) is 4.79 Å². The lowest BCUT2D eigenvalue weighted by molar-refractivity contribution is -0.110. The minimum atomic E-state index is 0.171. The van der Waals surface area contributed by atoms with Crippen LogP contribution < -0.4 is 0 Å². The van der Waals surface area contributed by atoms with Crippen molar-refractivity contribution in [3.8, 4) is 0 Å². The molecule has 0 spiro atoms. The minimum Gasteiger partial charge on any atom is -0.303 e. The van der Waals surface area contributed by atoms with E-state index in [1.807, 2.05) is 6.92 Å². The molecule has 1 rings (SSSR count). The van der Waals surface area contributed by atoms with Crippen molar-refractivity contribution in [3.05, 3.63) is 34.4 Å². The van der Waals surface area contributed by atoms with E-state index in [1.165, 1.54) is 22.3 Å². The summed E-state index contributed by atoms with van der Waals surface area (Å²) in [7, 11) is 0. The van der Waals surface area contributed by atoms with Gasteiger partial charge in [-0.05, 0) is 50.3 Å². The predicted molar refractivity (Wildman–Crippen MR) is 64.2 cm³/mol. The second-order valence-electron chi connectivity index (χ2n) is 4.53.